The lowest BCUT2D eigenvalue weighted by molar-refractivity contribution is -0.384. The molecule has 1 aromatic heterocycles. The first-order chi connectivity index (χ1) is 13.8. The minimum Gasteiger partial charge on any atom is -0.455 e. The lowest BCUT2D eigenvalue weighted by Crippen LogP contribution is -2.24. The van der Waals surface area contributed by atoms with E-state index in [0.29, 0.717) is 29.4 Å². The van der Waals surface area contributed by atoms with E-state index in [9.17, 15) is 24.5 Å². The maximum absolute atomic E-state index is 12.0. The van der Waals surface area contributed by atoms with Crippen LogP contribution in [0.15, 0.2) is 23.6 Å². The Hall–Kier alpha value is -3.34. The second-order valence-corrected chi connectivity index (χ2v) is 7.22. The Morgan fingerprint density at radius 2 is 2.21 bits per heavy atom. The third kappa shape index (κ3) is 4.93. The molecule has 0 aliphatic carbocycles. The summed E-state index contributed by atoms with van der Waals surface area (Å²) in [6.07, 6.45) is 1.13. The summed E-state index contributed by atoms with van der Waals surface area (Å²) in [4.78, 5) is 52.1. The molecule has 0 bridgehead atoms. The molecule has 0 atom stereocenters. The number of hydrogen-bond donors (Lipinski definition) is 1. The molecule has 29 heavy (non-hydrogen) atoms. The van der Waals surface area contributed by atoms with Crippen molar-refractivity contribution in [3.05, 3.63) is 45.0 Å². The molecule has 0 spiro atoms. The van der Waals surface area contributed by atoms with Gasteiger partial charge in [0.15, 0.2) is 11.7 Å². The third-order valence-electron chi connectivity index (χ3n) is 4.25. The van der Waals surface area contributed by atoms with E-state index in [4.69, 9.17) is 4.74 Å². The fourth-order valence-electron chi connectivity index (χ4n) is 2.84. The topological polar surface area (TPSA) is 132 Å². The lowest BCUT2D eigenvalue weighted by Gasteiger charge is -2.10. The number of nitro benzene ring substituents is 1. The van der Waals surface area contributed by atoms with Crippen LogP contribution in [0.5, 0.6) is 0 Å². The maximum atomic E-state index is 12.0. The number of rotatable bonds is 7. The number of esters is 1. The highest BCUT2D eigenvalue weighted by Gasteiger charge is 2.24. The monoisotopic (exact) mass is 418 g/mol. The number of anilines is 2. The largest absolute Gasteiger partial charge is 0.455 e. The Labute approximate surface area is 169 Å². The quantitative estimate of drug-likeness (QED) is 0.414. The lowest BCUT2D eigenvalue weighted by atomic mass is 10.1. The third-order valence-corrected chi connectivity index (χ3v) is 5.16. The molecule has 1 N–H and O–H groups in total. The molecule has 1 aromatic carbocycles. The molecule has 2 aromatic rings. The van der Waals surface area contributed by atoms with Gasteiger partial charge in [0.05, 0.1) is 17.0 Å². The Balaban J connectivity index is 1.52. The van der Waals surface area contributed by atoms with Crippen LogP contribution >= 0.6 is 11.3 Å². The van der Waals surface area contributed by atoms with Gasteiger partial charge in [-0.15, -0.1) is 11.3 Å². The molecule has 1 aliphatic heterocycles. The van der Waals surface area contributed by atoms with Crippen LogP contribution in [0.1, 0.15) is 24.1 Å². The van der Waals surface area contributed by atoms with E-state index in [1.54, 1.807) is 23.3 Å². The smallest absolute Gasteiger partial charge is 0.312 e. The Kier molecular flexibility index (Phi) is 6.17. The molecule has 3 rings (SSSR count). The van der Waals surface area contributed by atoms with E-state index in [1.807, 2.05) is 0 Å². The van der Waals surface area contributed by atoms with Crippen molar-refractivity contribution in [2.45, 2.75) is 26.2 Å². The minimum atomic E-state index is -0.683. The van der Waals surface area contributed by atoms with Crippen molar-refractivity contribution in [2.75, 3.05) is 23.4 Å². The predicted octanol–water partition coefficient (Wildman–Crippen LogP) is 2.21. The van der Waals surface area contributed by atoms with E-state index in [0.717, 1.165) is 6.42 Å². The van der Waals surface area contributed by atoms with Crippen molar-refractivity contribution in [1.29, 1.82) is 0 Å². The number of nitrogens with zero attached hydrogens (tertiary/aromatic N) is 3. The van der Waals surface area contributed by atoms with E-state index in [2.05, 4.69) is 10.3 Å². The van der Waals surface area contributed by atoms with Gasteiger partial charge in [-0.2, -0.15) is 0 Å². The highest BCUT2D eigenvalue weighted by molar-refractivity contribution is 7.14. The molecule has 2 heterocycles. The number of ether oxygens (including phenoxy) is 1. The van der Waals surface area contributed by atoms with Crippen molar-refractivity contribution in [2.24, 2.45) is 0 Å². The zero-order chi connectivity index (χ0) is 21.0. The van der Waals surface area contributed by atoms with Crippen LogP contribution in [0.3, 0.4) is 0 Å². The molecule has 1 fully saturated rings. The van der Waals surface area contributed by atoms with E-state index < -0.39 is 23.4 Å². The summed E-state index contributed by atoms with van der Waals surface area (Å²) >= 11 is 1.27. The zero-order valence-corrected chi connectivity index (χ0v) is 16.4. The number of hydrogen-bond acceptors (Lipinski definition) is 8. The Bertz CT molecular complexity index is 973. The Morgan fingerprint density at radius 1 is 1.41 bits per heavy atom. The molecule has 1 aliphatic rings. The summed E-state index contributed by atoms with van der Waals surface area (Å²) in [5.41, 5.74) is 0.795. The number of carbonyl (C=O) groups is 3. The van der Waals surface area contributed by atoms with Gasteiger partial charge in [-0.25, -0.2) is 4.98 Å². The first kappa shape index (κ1) is 20.4. The van der Waals surface area contributed by atoms with Crippen LogP contribution in [-0.4, -0.2) is 40.8 Å². The fourth-order valence-corrected chi connectivity index (χ4v) is 3.71. The number of amides is 2. The summed E-state index contributed by atoms with van der Waals surface area (Å²) in [6, 6.07) is 4.42. The van der Waals surface area contributed by atoms with Gasteiger partial charge in [-0.3, -0.25) is 29.4 Å². The molecule has 11 heteroatoms. The molecule has 0 radical (unpaired) electrons. The van der Waals surface area contributed by atoms with Gasteiger partial charge in [0, 0.05) is 24.4 Å². The SMILES string of the molecule is Cc1cccc([N+](=O)[O-])c1NC(=O)COC(=O)Cc1csc(N2CCCC2=O)n1. The normalized spacial score (nSPS) is 13.4. The van der Waals surface area contributed by atoms with Crippen molar-refractivity contribution in [3.63, 3.8) is 0 Å². The van der Waals surface area contributed by atoms with Gasteiger partial charge in [-0.05, 0) is 18.9 Å². The Morgan fingerprint density at radius 3 is 2.90 bits per heavy atom. The number of nitrogens with one attached hydrogen (secondary N) is 1. The van der Waals surface area contributed by atoms with Crippen LogP contribution in [0, 0.1) is 17.0 Å². The van der Waals surface area contributed by atoms with Gasteiger partial charge >= 0.3 is 5.97 Å². The highest BCUT2D eigenvalue weighted by Crippen LogP contribution is 2.28. The number of nitro groups is 1. The van der Waals surface area contributed by atoms with Gasteiger partial charge in [0.1, 0.15) is 5.69 Å². The number of aromatic nitrogens is 1. The maximum Gasteiger partial charge on any atom is 0.312 e. The molecule has 152 valence electrons. The van der Waals surface area contributed by atoms with E-state index in [1.165, 1.54) is 23.5 Å². The fraction of sp³-hybridized carbons (Fsp3) is 0.333. The molecule has 1 saturated heterocycles. The van der Waals surface area contributed by atoms with E-state index >= 15 is 0 Å². The zero-order valence-electron chi connectivity index (χ0n) is 15.5. The molecule has 10 nitrogen and oxygen atoms in total. The summed E-state index contributed by atoms with van der Waals surface area (Å²) in [6.45, 7) is 1.66. The van der Waals surface area contributed by atoms with Crippen LogP contribution in [-0.2, 0) is 25.5 Å². The number of benzene rings is 1. The number of thiazole rings is 1. The summed E-state index contributed by atoms with van der Waals surface area (Å²) in [5.74, 6) is -1.34. The molecular weight excluding hydrogens is 400 g/mol. The predicted molar refractivity (Wildman–Crippen MR) is 105 cm³/mol. The first-order valence-electron chi connectivity index (χ1n) is 8.79. The number of aryl methyl sites for hydroxylation is 1. The summed E-state index contributed by atoms with van der Waals surface area (Å²) in [7, 11) is 0. The average molecular weight is 418 g/mol. The molecular formula is C18H18N4O6S. The number of para-hydroxylation sites is 1. The molecule has 2 amide bonds. The van der Waals surface area contributed by atoms with Gasteiger partial charge in [-0.1, -0.05) is 12.1 Å². The second kappa shape index (κ2) is 8.78. The van der Waals surface area contributed by atoms with Crippen molar-refractivity contribution in [1.82, 2.24) is 4.98 Å². The second-order valence-electron chi connectivity index (χ2n) is 6.38. The minimum absolute atomic E-state index is 0.00967. The van der Waals surface area contributed by atoms with Crippen LogP contribution in [0.2, 0.25) is 0 Å². The molecule has 0 saturated carbocycles. The summed E-state index contributed by atoms with van der Waals surface area (Å²) in [5, 5.41) is 15.7. The van der Waals surface area contributed by atoms with Crippen molar-refractivity contribution in [3.8, 4) is 0 Å². The van der Waals surface area contributed by atoms with Crippen LogP contribution < -0.4 is 10.2 Å². The van der Waals surface area contributed by atoms with Crippen LogP contribution in [0.4, 0.5) is 16.5 Å². The van der Waals surface area contributed by atoms with Crippen LogP contribution in [0.25, 0.3) is 0 Å². The van der Waals surface area contributed by atoms with Crippen molar-refractivity contribution >= 4 is 45.6 Å². The van der Waals surface area contributed by atoms with Gasteiger partial charge in [0.2, 0.25) is 5.91 Å². The highest BCUT2D eigenvalue weighted by atomic mass is 32.1. The summed E-state index contributed by atoms with van der Waals surface area (Å²) < 4.78 is 4.94. The van der Waals surface area contributed by atoms with Crippen molar-refractivity contribution < 1.29 is 24.0 Å². The average Bonchev–Trinajstić information content (AvgIpc) is 3.30. The van der Waals surface area contributed by atoms with Gasteiger partial charge < -0.3 is 10.1 Å². The molecule has 0 unspecified atom stereocenters. The van der Waals surface area contributed by atoms with E-state index in [-0.39, 0.29) is 23.7 Å². The van der Waals surface area contributed by atoms with Gasteiger partial charge in [0.25, 0.3) is 11.6 Å². The standard InChI is InChI=1S/C18H18N4O6S/c1-11-4-2-5-13(22(26)27)17(11)20-14(23)9-28-16(25)8-12-10-29-18(19-12)21-7-3-6-15(21)24/h2,4-5,10H,3,6-9H2,1H3,(H,20,23). The first-order valence-corrected chi connectivity index (χ1v) is 9.67. The number of carbonyl (C=O) groups excluding carboxylic acids is 3.